The molecule has 4 nitrogen and oxygen atoms in total. The third-order valence-corrected chi connectivity index (χ3v) is 3.26. The SMILES string of the molecule is C=C(C)CCOOC1(OOCCC(=C)C)CCCCC1. The Bertz CT molecular complexity index is 282. The zero-order valence-electron chi connectivity index (χ0n) is 12.9. The molecule has 0 heterocycles. The Balaban J connectivity index is 2.32. The van der Waals surface area contributed by atoms with Gasteiger partial charge in [-0.05, 0) is 39.5 Å². The number of hydrogen-bond donors (Lipinski definition) is 0. The molecule has 1 fully saturated rings. The van der Waals surface area contributed by atoms with Crippen LogP contribution in [0, 0.1) is 0 Å². The highest BCUT2D eigenvalue weighted by atomic mass is 17.3. The average molecular weight is 284 g/mol. The van der Waals surface area contributed by atoms with Crippen LogP contribution < -0.4 is 0 Å². The minimum Gasteiger partial charge on any atom is -0.233 e. The maximum absolute atomic E-state index is 5.52. The predicted octanol–water partition coefficient (Wildman–Crippen LogP) is 4.48. The number of rotatable bonds is 10. The molecule has 1 aliphatic rings. The van der Waals surface area contributed by atoms with E-state index in [2.05, 4.69) is 13.2 Å². The molecular formula is C16H28O4. The molecule has 0 radical (unpaired) electrons. The molecule has 4 heteroatoms. The maximum Gasteiger partial charge on any atom is 0.233 e. The summed E-state index contributed by atoms with van der Waals surface area (Å²) in [5, 5.41) is 0. The van der Waals surface area contributed by atoms with E-state index in [9.17, 15) is 0 Å². The predicted molar refractivity (Wildman–Crippen MR) is 78.8 cm³/mol. The molecule has 0 saturated heterocycles. The molecule has 0 N–H and O–H groups in total. The Morgan fingerprint density at radius 3 is 1.70 bits per heavy atom. The van der Waals surface area contributed by atoms with Crippen molar-refractivity contribution in [3.63, 3.8) is 0 Å². The van der Waals surface area contributed by atoms with E-state index >= 15 is 0 Å². The van der Waals surface area contributed by atoms with Gasteiger partial charge in [0.1, 0.15) is 0 Å². The normalized spacial score (nSPS) is 17.9. The fourth-order valence-corrected chi connectivity index (χ4v) is 2.00. The second-order valence-electron chi connectivity index (χ2n) is 5.70. The van der Waals surface area contributed by atoms with Crippen LogP contribution >= 0.6 is 0 Å². The summed E-state index contributed by atoms with van der Waals surface area (Å²) in [5.41, 5.74) is 2.15. The molecule has 0 aromatic heterocycles. The third kappa shape index (κ3) is 7.20. The first-order valence-corrected chi connectivity index (χ1v) is 7.44. The molecule has 116 valence electrons. The maximum atomic E-state index is 5.52. The Morgan fingerprint density at radius 2 is 1.30 bits per heavy atom. The summed E-state index contributed by atoms with van der Waals surface area (Å²) >= 11 is 0. The molecule has 0 bridgehead atoms. The van der Waals surface area contributed by atoms with Gasteiger partial charge < -0.3 is 0 Å². The van der Waals surface area contributed by atoms with Gasteiger partial charge in [-0.1, -0.05) is 17.6 Å². The lowest BCUT2D eigenvalue weighted by atomic mass is 9.94. The van der Waals surface area contributed by atoms with E-state index in [1.54, 1.807) is 0 Å². The van der Waals surface area contributed by atoms with Crippen molar-refractivity contribution < 1.29 is 19.6 Å². The lowest BCUT2D eigenvalue weighted by Crippen LogP contribution is -2.38. The van der Waals surface area contributed by atoms with E-state index in [0.717, 1.165) is 49.7 Å². The molecule has 0 atom stereocenters. The third-order valence-electron chi connectivity index (χ3n) is 3.26. The zero-order valence-corrected chi connectivity index (χ0v) is 12.9. The summed E-state index contributed by atoms with van der Waals surface area (Å²) in [6.07, 6.45) is 6.49. The first-order valence-electron chi connectivity index (χ1n) is 7.44. The Hall–Kier alpha value is -0.680. The molecule has 0 unspecified atom stereocenters. The second kappa shape index (κ2) is 9.29. The van der Waals surface area contributed by atoms with Crippen molar-refractivity contribution in [3.8, 4) is 0 Å². The quantitative estimate of drug-likeness (QED) is 0.195. The molecule has 0 spiro atoms. The van der Waals surface area contributed by atoms with Crippen molar-refractivity contribution in [3.05, 3.63) is 24.3 Å². The van der Waals surface area contributed by atoms with Gasteiger partial charge in [0, 0.05) is 12.8 Å². The van der Waals surface area contributed by atoms with Crippen LogP contribution in [0.2, 0.25) is 0 Å². The standard InChI is InChI=1S/C16H28O4/c1-14(2)8-12-17-19-16(10-6-5-7-11-16)20-18-13-9-15(3)4/h1,3,5-13H2,2,4H3. The molecule has 0 aromatic carbocycles. The van der Waals surface area contributed by atoms with E-state index < -0.39 is 5.79 Å². The van der Waals surface area contributed by atoms with Gasteiger partial charge in [-0.25, -0.2) is 9.78 Å². The van der Waals surface area contributed by atoms with E-state index in [0.29, 0.717) is 13.2 Å². The molecule has 0 aromatic rings. The van der Waals surface area contributed by atoms with Crippen molar-refractivity contribution >= 4 is 0 Å². The summed E-state index contributed by atoms with van der Waals surface area (Å²) in [7, 11) is 0. The van der Waals surface area contributed by atoms with Gasteiger partial charge in [-0.2, -0.15) is 9.78 Å². The lowest BCUT2D eigenvalue weighted by Gasteiger charge is -2.33. The van der Waals surface area contributed by atoms with Gasteiger partial charge in [-0.3, -0.25) is 0 Å². The fourth-order valence-electron chi connectivity index (χ4n) is 2.00. The summed E-state index contributed by atoms with van der Waals surface area (Å²) in [4.78, 5) is 21.6. The van der Waals surface area contributed by atoms with Crippen molar-refractivity contribution in [2.45, 2.75) is 64.6 Å². The first kappa shape index (κ1) is 17.4. The molecule has 0 amide bonds. The van der Waals surface area contributed by atoms with E-state index in [-0.39, 0.29) is 0 Å². The molecule has 0 aliphatic heterocycles. The molecule has 1 aliphatic carbocycles. The van der Waals surface area contributed by atoms with Crippen LogP contribution in [0.15, 0.2) is 24.3 Å². The second-order valence-corrected chi connectivity index (χ2v) is 5.70. The van der Waals surface area contributed by atoms with E-state index in [4.69, 9.17) is 19.6 Å². The topological polar surface area (TPSA) is 36.9 Å². The van der Waals surface area contributed by atoms with Crippen LogP contribution in [0.4, 0.5) is 0 Å². The molecule has 1 saturated carbocycles. The Labute approximate surface area is 122 Å². The van der Waals surface area contributed by atoms with Gasteiger partial charge in [0.25, 0.3) is 0 Å². The highest BCUT2D eigenvalue weighted by Gasteiger charge is 2.37. The summed E-state index contributed by atoms with van der Waals surface area (Å²) in [6, 6.07) is 0. The van der Waals surface area contributed by atoms with Crippen LogP contribution in [0.5, 0.6) is 0 Å². The molecule has 20 heavy (non-hydrogen) atoms. The van der Waals surface area contributed by atoms with E-state index in [1.807, 2.05) is 13.8 Å². The van der Waals surface area contributed by atoms with Crippen LogP contribution in [0.3, 0.4) is 0 Å². The van der Waals surface area contributed by atoms with Crippen molar-refractivity contribution in [2.24, 2.45) is 0 Å². The molecular weight excluding hydrogens is 256 g/mol. The summed E-state index contributed by atoms with van der Waals surface area (Å²) < 4.78 is 0. The zero-order chi connectivity index (χ0) is 14.8. The van der Waals surface area contributed by atoms with Gasteiger partial charge in [0.05, 0.1) is 13.2 Å². The van der Waals surface area contributed by atoms with Gasteiger partial charge >= 0.3 is 0 Å². The van der Waals surface area contributed by atoms with Crippen LogP contribution in [0.1, 0.15) is 58.8 Å². The lowest BCUT2D eigenvalue weighted by molar-refractivity contribution is -0.516. The van der Waals surface area contributed by atoms with Gasteiger partial charge in [0.15, 0.2) is 0 Å². The van der Waals surface area contributed by atoms with Crippen molar-refractivity contribution in [1.29, 1.82) is 0 Å². The van der Waals surface area contributed by atoms with E-state index in [1.165, 1.54) is 6.42 Å². The highest BCUT2D eigenvalue weighted by Crippen LogP contribution is 2.33. The van der Waals surface area contributed by atoms with Gasteiger partial charge in [-0.15, -0.1) is 13.2 Å². The fraction of sp³-hybridized carbons (Fsp3) is 0.750. The Kier molecular flexibility index (Phi) is 8.07. The first-order chi connectivity index (χ1) is 9.54. The van der Waals surface area contributed by atoms with Gasteiger partial charge in [0.2, 0.25) is 5.79 Å². The van der Waals surface area contributed by atoms with Crippen LogP contribution in [-0.2, 0) is 19.6 Å². The summed E-state index contributed by atoms with van der Waals surface area (Å²) in [6.45, 7) is 12.6. The van der Waals surface area contributed by atoms with Crippen LogP contribution in [-0.4, -0.2) is 19.0 Å². The number of hydrogen-bond acceptors (Lipinski definition) is 4. The highest BCUT2D eigenvalue weighted by molar-refractivity contribution is 4.87. The van der Waals surface area contributed by atoms with Crippen LogP contribution in [0.25, 0.3) is 0 Å². The Morgan fingerprint density at radius 1 is 0.850 bits per heavy atom. The minimum absolute atomic E-state index is 0.492. The smallest absolute Gasteiger partial charge is 0.233 e. The van der Waals surface area contributed by atoms with Crippen molar-refractivity contribution in [2.75, 3.05) is 13.2 Å². The monoisotopic (exact) mass is 284 g/mol. The minimum atomic E-state index is -0.748. The van der Waals surface area contributed by atoms with Crippen molar-refractivity contribution in [1.82, 2.24) is 0 Å². The average Bonchev–Trinajstić information content (AvgIpc) is 2.41. The largest absolute Gasteiger partial charge is 0.233 e. The molecule has 1 rings (SSSR count). The summed E-state index contributed by atoms with van der Waals surface area (Å²) in [5.74, 6) is -0.748.